The van der Waals surface area contributed by atoms with Crippen molar-refractivity contribution in [2.45, 2.75) is 26.3 Å². The molecule has 2 heterocycles. The van der Waals surface area contributed by atoms with Gasteiger partial charge in [0.1, 0.15) is 0 Å². The van der Waals surface area contributed by atoms with E-state index >= 15 is 0 Å². The lowest BCUT2D eigenvalue weighted by molar-refractivity contribution is 0.0945. The molecule has 6 heteroatoms. The number of nitrogens with one attached hydrogen (secondary N) is 2. The summed E-state index contributed by atoms with van der Waals surface area (Å²) in [6.45, 7) is 4.70. The predicted octanol–water partition coefficient (Wildman–Crippen LogP) is 3.67. The molecule has 1 amide bonds. The number of hydrogen-bond acceptors (Lipinski definition) is 5. The number of para-hydroxylation sites is 1. The molecule has 0 bridgehead atoms. The molecule has 1 aromatic carbocycles. The fourth-order valence-corrected chi connectivity index (χ4v) is 2.55. The topological polar surface area (TPSA) is 79.8 Å². The maximum absolute atomic E-state index is 12.2. The van der Waals surface area contributed by atoms with Crippen LogP contribution >= 0.6 is 0 Å². The van der Waals surface area contributed by atoms with Crippen molar-refractivity contribution < 1.29 is 4.79 Å². The number of benzene rings is 1. The molecule has 26 heavy (non-hydrogen) atoms. The molecule has 0 radical (unpaired) electrons. The standard InChI is InChI=1S/C20H21N5O/c1-14(2)16-5-3-4-6-17(16)23-19-8-7-18(24-25-19)20(26)22-13-15-9-11-21-12-10-15/h3-12,14H,13H2,1-2H3,(H,22,26)(H,23,25). The Morgan fingerprint density at radius 2 is 1.77 bits per heavy atom. The Bertz CT molecular complexity index is 863. The second-order valence-corrected chi connectivity index (χ2v) is 6.21. The average molecular weight is 347 g/mol. The normalized spacial score (nSPS) is 10.6. The van der Waals surface area contributed by atoms with E-state index in [0.29, 0.717) is 18.3 Å². The summed E-state index contributed by atoms with van der Waals surface area (Å²) >= 11 is 0. The van der Waals surface area contributed by atoms with Gasteiger partial charge in [0.15, 0.2) is 11.5 Å². The molecule has 0 saturated carbocycles. The van der Waals surface area contributed by atoms with Gasteiger partial charge in [0, 0.05) is 24.6 Å². The second-order valence-electron chi connectivity index (χ2n) is 6.21. The summed E-state index contributed by atoms with van der Waals surface area (Å²) in [6, 6.07) is 15.2. The van der Waals surface area contributed by atoms with Crippen LogP contribution in [0.2, 0.25) is 0 Å². The van der Waals surface area contributed by atoms with Gasteiger partial charge in [0.25, 0.3) is 5.91 Å². The van der Waals surface area contributed by atoms with E-state index in [-0.39, 0.29) is 11.6 Å². The Hall–Kier alpha value is -3.28. The minimum absolute atomic E-state index is 0.261. The first kappa shape index (κ1) is 17.5. The zero-order chi connectivity index (χ0) is 18.4. The van der Waals surface area contributed by atoms with Crippen molar-refractivity contribution in [1.82, 2.24) is 20.5 Å². The van der Waals surface area contributed by atoms with Crippen LogP contribution in [0, 0.1) is 0 Å². The maximum atomic E-state index is 12.2. The van der Waals surface area contributed by atoms with Crippen LogP contribution in [0.4, 0.5) is 11.5 Å². The summed E-state index contributed by atoms with van der Waals surface area (Å²) < 4.78 is 0. The van der Waals surface area contributed by atoms with Gasteiger partial charge in [-0.15, -0.1) is 10.2 Å². The molecule has 0 atom stereocenters. The minimum atomic E-state index is -0.261. The molecule has 132 valence electrons. The fraction of sp³-hybridized carbons (Fsp3) is 0.200. The van der Waals surface area contributed by atoms with E-state index in [1.54, 1.807) is 24.5 Å². The highest BCUT2D eigenvalue weighted by Gasteiger charge is 2.10. The van der Waals surface area contributed by atoms with Crippen LogP contribution < -0.4 is 10.6 Å². The molecule has 0 unspecified atom stereocenters. The van der Waals surface area contributed by atoms with Gasteiger partial charge in [-0.05, 0) is 47.4 Å². The van der Waals surface area contributed by atoms with Crippen molar-refractivity contribution in [3.8, 4) is 0 Å². The van der Waals surface area contributed by atoms with Crippen molar-refractivity contribution >= 4 is 17.4 Å². The third-order valence-corrected chi connectivity index (χ3v) is 3.95. The first-order valence-electron chi connectivity index (χ1n) is 8.50. The molecule has 0 spiro atoms. The van der Waals surface area contributed by atoms with Gasteiger partial charge in [-0.1, -0.05) is 32.0 Å². The average Bonchev–Trinajstić information content (AvgIpc) is 2.68. The van der Waals surface area contributed by atoms with Crippen LogP contribution in [0.25, 0.3) is 0 Å². The van der Waals surface area contributed by atoms with Crippen molar-refractivity contribution in [1.29, 1.82) is 0 Å². The van der Waals surface area contributed by atoms with Crippen molar-refractivity contribution in [2.24, 2.45) is 0 Å². The Kier molecular flexibility index (Phi) is 5.53. The summed E-state index contributed by atoms with van der Waals surface area (Å²) in [7, 11) is 0. The molecule has 2 aromatic heterocycles. The summed E-state index contributed by atoms with van der Waals surface area (Å²) in [5.74, 6) is 0.733. The van der Waals surface area contributed by atoms with E-state index in [2.05, 4.69) is 45.7 Å². The molecule has 3 aromatic rings. The Balaban J connectivity index is 1.64. The van der Waals surface area contributed by atoms with Crippen molar-refractivity contribution in [3.05, 3.63) is 77.7 Å². The van der Waals surface area contributed by atoms with Crippen molar-refractivity contribution in [3.63, 3.8) is 0 Å². The van der Waals surface area contributed by atoms with Gasteiger partial charge in [-0.3, -0.25) is 9.78 Å². The Morgan fingerprint density at radius 3 is 2.46 bits per heavy atom. The molecule has 0 aliphatic rings. The van der Waals surface area contributed by atoms with E-state index in [0.717, 1.165) is 11.3 Å². The van der Waals surface area contributed by atoms with Crippen LogP contribution in [0.5, 0.6) is 0 Å². The monoisotopic (exact) mass is 347 g/mol. The van der Waals surface area contributed by atoms with Gasteiger partial charge in [-0.2, -0.15) is 0 Å². The number of anilines is 2. The molecule has 2 N–H and O–H groups in total. The zero-order valence-corrected chi connectivity index (χ0v) is 14.8. The molecule has 0 fully saturated rings. The van der Waals surface area contributed by atoms with Gasteiger partial charge < -0.3 is 10.6 Å². The lowest BCUT2D eigenvalue weighted by Gasteiger charge is -2.13. The SMILES string of the molecule is CC(C)c1ccccc1Nc1ccc(C(=O)NCc2ccncc2)nn1. The Morgan fingerprint density at radius 1 is 1.00 bits per heavy atom. The quantitative estimate of drug-likeness (QED) is 0.711. The molecular weight excluding hydrogens is 326 g/mol. The van der Waals surface area contributed by atoms with Gasteiger partial charge >= 0.3 is 0 Å². The number of rotatable bonds is 6. The smallest absolute Gasteiger partial charge is 0.272 e. The summed E-state index contributed by atoms with van der Waals surface area (Å²) in [5, 5.41) is 14.2. The first-order chi connectivity index (χ1) is 12.6. The van der Waals surface area contributed by atoms with Crippen LogP contribution in [0.15, 0.2) is 60.9 Å². The zero-order valence-electron chi connectivity index (χ0n) is 14.8. The fourth-order valence-electron chi connectivity index (χ4n) is 2.55. The summed E-state index contributed by atoms with van der Waals surface area (Å²) in [4.78, 5) is 16.1. The number of pyridine rings is 1. The van der Waals surface area contributed by atoms with Gasteiger partial charge in [-0.25, -0.2) is 0 Å². The number of amides is 1. The highest BCUT2D eigenvalue weighted by Crippen LogP contribution is 2.25. The van der Waals surface area contributed by atoms with Crippen molar-refractivity contribution in [2.75, 3.05) is 5.32 Å². The third kappa shape index (κ3) is 4.42. The van der Waals surface area contributed by atoms with Gasteiger partial charge in [0.05, 0.1) is 0 Å². The number of nitrogens with zero attached hydrogens (tertiary/aromatic N) is 3. The lowest BCUT2D eigenvalue weighted by Crippen LogP contribution is -2.24. The minimum Gasteiger partial charge on any atom is -0.347 e. The molecule has 0 saturated heterocycles. The Labute approximate surface area is 152 Å². The predicted molar refractivity (Wildman–Crippen MR) is 101 cm³/mol. The highest BCUT2D eigenvalue weighted by atomic mass is 16.1. The highest BCUT2D eigenvalue weighted by molar-refractivity contribution is 5.92. The second kappa shape index (κ2) is 8.20. The van der Waals surface area contributed by atoms with E-state index in [1.807, 2.05) is 30.3 Å². The molecule has 0 aliphatic heterocycles. The van der Waals surface area contributed by atoms with E-state index in [1.165, 1.54) is 5.56 Å². The number of carbonyl (C=O) groups is 1. The van der Waals surface area contributed by atoms with Crippen LogP contribution in [0.1, 0.15) is 41.4 Å². The molecular formula is C20H21N5O. The van der Waals surface area contributed by atoms with E-state index in [9.17, 15) is 4.79 Å². The van der Waals surface area contributed by atoms with Gasteiger partial charge in [0.2, 0.25) is 0 Å². The summed E-state index contributed by atoms with van der Waals surface area (Å²) in [5.41, 5.74) is 3.45. The number of aromatic nitrogens is 3. The number of carbonyl (C=O) groups excluding carboxylic acids is 1. The third-order valence-electron chi connectivity index (χ3n) is 3.95. The van der Waals surface area contributed by atoms with Crippen LogP contribution in [-0.4, -0.2) is 21.1 Å². The molecule has 3 rings (SSSR count). The van der Waals surface area contributed by atoms with Crippen LogP contribution in [-0.2, 0) is 6.54 Å². The number of hydrogen-bond donors (Lipinski definition) is 2. The van der Waals surface area contributed by atoms with E-state index < -0.39 is 0 Å². The van der Waals surface area contributed by atoms with Crippen LogP contribution in [0.3, 0.4) is 0 Å². The van der Waals surface area contributed by atoms with E-state index in [4.69, 9.17) is 0 Å². The molecule has 6 nitrogen and oxygen atoms in total. The summed E-state index contributed by atoms with van der Waals surface area (Å²) in [6.07, 6.45) is 3.38. The maximum Gasteiger partial charge on any atom is 0.272 e. The largest absolute Gasteiger partial charge is 0.347 e. The lowest BCUT2D eigenvalue weighted by atomic mass is 10.0. The molecule has 0 aliphatic carbocycles. The first-order valence-corrected chi connectivity index (χ1v) is 8.50.